The number of nitrogens with zero attached hydrogens (tertiary/aromatic N) is 8. The maximum absolute atomic E-state index is 3.98. The van der Waals surface area contributed by atoms with E-state index in [9.17, 15) is 0 Å². The molecule has 2 rings (SSSR count). The van der Waals surface area contributed by atoms with Crippen molar-refractivity contribution in [2.75, 3.05) is 0 Å². The summed E-state index contributed by atoms with van der Waals surface area (Å²) in [6.07, 6.45) is 0. The summed E-state index contributed by atoms with van der Waals surface area (Å²) in [5, 5.41) is 22.4. The smallest absolute Gasteiger partial charge is 0.162 e. The fourth-order valence-electron chi connectivity index (χ4n) is 0.523. The fraction of sp³-hybridized carbons (Fsp3) is 0. The Morgan fingerprint density at radius 1 is 0.857 bits per heavy atom. The topological polar surface area (TPSA) is 87.2 Å². The predicted octanol–water partition coefficient (Wildman–Crippen LogP) is -0.155. The van der Waals surface area contributed by atoms with Crippen LogP contribution in [0.15, 0.2) is 10.3 Å². The molecular weight excluding hydrogens is 264 g/mol. The van der Waals surface area contributed by atoms with Gasteiger partial charge in [-0.3, -0.25) is 0 Å². The maximum atomic E-state index is 3.98. The Bertz CT molecular complexity index is 380. The van der Waals surface area contributed by atoms with Gasteiger partial charge < -0.3 is 0 Å². The molecular formula is C2H2N8S4. The minimum absolute atomic E-state index is 0.537. The van der Waals surface area contributed by atoms with Crippen LogP contribution in [0.5, 0.6) is 0 Å². The van der Waals surface area contributed by atoms with Gasteiger partial charge in [-0.15, -0.1) is 0 Å². The van der Waals surface area contributed by atoms with Gasteiger partial charge in [0.25, 0.3) is 0 Å². The van der Waals surface area contributed by atoms with E-state index in [1.54, 1.807) is 0 Å². The maximum Gasteiger partial charge on any atom is 0.230 e. The summed E-state index contributed by atoms with van der Waals surface area (Å²) in [5.74, 6) is 0. The molecule has 0 atom stereocenters. The van der Waals surface area contributed by atoms with Gasteiger partial charge in [0, 0.05) is 0 Å². The molecule has 0 saturated carbocycles. The molecule has 0 bridgehead atoms. The fourth-order valence-corrected chi connectivity index (χ4v) is 2.82. The van der Waals surface area contributed by atoms with Crippen LogP contribution in [0.4, 0.5) is 0 Å². The highest BCUT2D eigenvalue weighted by molar-refractivity contribution is 8.76. The lowest BCUT2D eigenvalue weighted by atomic mass is 11.4. The highest BCUT2D eigenvalue weighted by Crippen LogP contribution is 2.34. The molecule has 0 aromatic carbocycles. The van der Waals surface area contributed by atoms with Gasteiger partial charge in [0.1, 0.15) is 0 Å². The summed E-state index contributed by atoms with van der Waals surface area (Å²) in [4.78, 5) is 0. The molecule has 0 amide bonds. The highest BCUT2D eigenvalue weighted by atomic mass is 33.1. The van der Waals surface area contributed by atoms with Crippen LogP contribution in [-0.2, 0) is 0 Å². The molecule has 0 aliphatic carbocycles. The van der Waals surface area contributed by atoms with Gasteiger partial charge in [0.2, 0.25) is 10.3 Å². The average Bonchev–Trinajstić information content (AvgIpc) is 2.72. The molecule has 74 valence electrons. The van der Waals surface area contributed by atoms with Gasteiger partial charge in [-0.2, -0.15) is 8.17 Å². The highest BCUT2D eigenvalue weighted by Gasteiger charge is 2.09. The molecule has 0 radical (unpaired) electrons. The second-order valence-electron chi connectivity index (χ2n) is 1.87. The third-order valence-corrected chi connectivity index (χ3v) is 3.89. The number of hydrogen-bond donors (Lipinski definition) is 2. The largest absolute Gasteiger partial charge is 0.230 e. The minimum Gasteiger partial charge on any atom is -0.162 e. The van der Waals surface area contributed by atoms with E-state index in [1.807, 2.05) is 0 Å². The van der Waals surface area contributed by atoms with Crippen molar-refractivity contribution in [3.63, 3.8) is 0 Å². The number of aromatic nitrogens is 8. The first-order valence-corrected chi connectivity index (χ1v) is 6.02. The lowest BCUT2D eigenvalue weighted by Crippen LogP contribution is -1.86. The lowest BCUT2D eigenvalue weighted by molar-refractivity contribution is 0.850. The molecule has 0 spiro atoms. The summed E-state index contributed by atoms with van der Waals surface area (Å²) in [6.45, 7) is 0. The van der Waals surface area contributed by atoms with Crippen LogP contribution in [-0.4, -0.2) is 39.2 Å². The Morgan fingerprint density at radius 3 is 1.57 bits per heavy atom. The molecule has 8 nitrogen and oxygen atoms in total. The van der Waals surface area contributed by atoms with Crippen LogP contribution in [0.1, 0.15) is 0 Å². The zero-order valence-electron chi connectivity index (χ0n) is 6.29. The Balaban J connectivity index is 2.02. The van der Waals surface area contributed by atoms with Crippen LogP contribution < -0.4 is 0 Å². The third kappa shape index (κ3) is 2.13. The number of hydrogen-bond acceptors (Lipinski definition) is 10. The molecule has 0 fully saturated rings. The van der Waals surface area contributed by atoms with Crippen molar-refractivity contribution in [1.82, 2.24) is 39.2 Å². The van der Waals surface area contributed by atoms with Crippen LogP contribution in [0, 0.1) is 0 Å². The molecule has 2 aromatic heterocycles. The second-order valence-corrected chi connectivity index (χ2v) is 4.69. The van der Waals surface area contributed by atoms with E-state index in [0.29, 0.717) is 10.3 Å². The van der Waals surface area contributed by atoms with E-state index in [2.05, 4.69) is 56.7 Å². The normalized spacial score (nSPS) is 10.7. The molecule has 0 aliphatic heterocycles. The van der Waals surface area contributed by atoms with E-state index in [-0.39, 0.29) is 0 Å². The number of tetrazole rings is 2. The molecule has 12 heteroatoms. The van der Waals surface area contributed by atoms with Crippen molar-refractivity contribution in [3.05, 3.63) is 0 Å². The quantitative estimate of drug-likeness (QED) is 0.585. The van der Waals surface area contributed by atoms with Crippen LogP contribution in [0.25, 0.3) is 0 Å². The van der Waals surface area contributed by atoms with E-state index >= 15 is 0 Å². The predicted molar refractivity (Wildman–Crippen MR) is 56.1 cm³/mol. The van der Waals surface area contributed by atoms with E-state index in [4.69, 9.17) is 0 Å². The molecule has 0 unspecified atom stereocenters. The summed E-state index contributed by atoms with van der Waals surface area (Å²) in [5.41, 5.74) is 0. The lowest BCUT2D eigenvalue weighted by Gasteiger charge is -1.94. The van der Waals surface area contributed by atoms with Gasteiger partial charge in [0.15, 0.2) is 0 Å². The van der Waals surface area contributed by atoms with Gasteiger partial charge >= 0.3 is 0 Å². The summed E-state index contributed by atoms with van der Waals surface area (Å²) >= 11 is 7.95. The van der Waals surface area contributed by atoms with Gasteiger partial charge in [0.05, 0.1) is 0 Å². The van der Waals surface area contributed by atoms with E-state index < -0.39 is 0 Å². The van der Waals surface area contributed by atoms with Gasteiger partial charge in [-0.1, -0.05) is 10.2 Å². The van der Waals surface area contributed by atoms with E-state index in [1.165, 1.54) is 29.8 Å². The van der Waals surface area contributed by atoms with Crippen molar-refractivity contribution in [1.29, 1.82) is 0 Å². The van der Waals surface area contributed by atoms with Crippen molar-refractivity contribution in [2.45, 2.75) is 10.3 Å². The Kier molecular flexibility index (Phi) is 3.15. The molecule has 14 heavy (non-hydrogen) atoms. The van der Waals surface area contributed by atoms with Crippen LogP contribution in [0.3, 0.4) is 0 Å². The first-order valence-electron chi connectivity index (χ1n) is 3.07. The number of rotatable bonds is 3. The van der Waals surface area contributed by atoms with Crippen molar-refractivity contribution < 1.29 is 0 Å². The first-order chi connectivity index (χ1) is 6.77. The number of thiol groups is 2. The molecule has 2 aromatic rings. The van der Waals surface area contributed by atoms with Crippen molar-refractivity contribution in [2.24, 2.45) is 0 Å². The average molecular weight is 266 g/mol. The summed E-state index contributed by atoms with van der Waals surface area (Å²) in [6, 6.07) is 0. The Labute approximate surface area is 96.7 Å². The SMILES string of the molecule is Sn1nnnc1SSc1nnnn1S. The third-order valence-electron chi connectivity index (χ3n) is 1.04. The summed E-state index contributed by atoms with van der Waals surface area (Å²) < 4.78 is 2.51. The molecule has 0 N–H and O–H groups in total. The summed E-state index contributed by atoms with van der Waals surface area (Å²) in [7, 11) is 2.56. The first kappa shape index (κ1) is 10.1. The van der Waals surface area contributed by atoms with Crippen molar-refractivity contribution in [3.8, 4) is 0 Å². The van der Waals surface area contributed by atoms with E-state index in [0.717, 1.165) is 0 Å². The molecule has 0 aliphatic rings. The second kappa shape index (κ2) is 4.37. The van der Waals surface area contributed by atoms with Crippen molar-refractivity contribution >= 4 is 47.2 Å². The standard InChI is InChI=1S/C2H2N8S4/c11-9-1(3-5-7-9)13-14-2-4-6-8-10(2)12/h11-12H. The Hall–Kier alpha value is -0.460. The monoisotopic (exact) mass is 266 g/mol. The Morgan fingerprint density at radius 2 is 1.29 bits per heavy atom. The molecule has 2 heterocycles. The van der Waals surface area contributed by atoms with Crippen LogP contribution >= 0.6 is 47.2 Å². The molecule has 0 saturated heterocycles. The van der Waals surface area contributed by atoms with Gasteiger partial charge in [-0.25, -0.2) is 0 Å². The van der Waals surface area contributed by atoms with Crippen LogP contribution in [0.2, 0.25) is 0 Å². The zero-order chi connectivity index (χ0) is 9.97. The minimum atomic E-state index is 0.537. The zero-order valence-corrected chi connectivity index (χ0v) is 9.71. The van der Waals surface area contributed by atoms with Gasteiger partial charge in [-0.05, 0) is 68.1 Å².